The van der Waals surface area contributed by atoms with Gasteiger partial charge in [-0.1, -0.05) is 31.9 Å². The van der Waals surface area contributed by atoms with Gasteiger partial charge in [-0.3, -0.25) is 4.79 Å². The summed E-state index contributed by atoms with van der Waals surface area (Å²) in [5, 5.41) is 6.52. The third kappa shape index (κ3) is 5.44. The third-order valence-electron chi connectivity index (χ3n) is 8.18. The molecule has 3 heterocycles. The number of carbonyl (C=O) groups is 1. The molecule has 1 aromatic heterocycles. The zero-order chi connectivity index (χ0) is 25.9. The molecule has 0 bridgehead atoms. The summed E-state index contributed by atoms with van der Waals surface area (Å²) in [6.07, 6.45) is 10.7. The van der Waals surface area contributed by atoms with Crippen LogP contribution >= 0.6 is 0 Å². The number of aromatic nitrogens is 2. The lowest BCUT2D eigenvalue weighted by molar-refractivity contribution is 0.0916. The molecule has 8 nitrogen and oxygen atoms in total. The minimum Gasteiger partial charge on any atom is -0.495 e. The molecule has 1 amide bonds. The second-order valence-electron chi connectivity index (χ2n) is 10.7. The number of carbonyl (C=O) groups excluding carboxylic acids is 1. The Morgan fingerprint density at radius 1 is 1.19 bits per heavy atom. The number of ether oxygens (including phenoxy) is 1. The Hall–Kier alpha value is -3.13. The number of hydrogen-bond donors (Lipinski definition) is 2. The van der Waals surface area contributed by atoms with Crippen LogP contribution in [0, 0.1) is 0 Å². The van der Waals surface area contributed by atoms with Crippen molar-refractivity contribution < 1.29 is 9.53 Å². The van der Waals surface area contributed by atoms with Crippen LogP contribution in [0.15, 0.2) is 36.5 Å². The summed E-state index contributed by atoms with van der Waals surface area (Å²) in [5.74, 6) is 2.08. The zero-order valence-corrected chi connectivity index (χ0v) is 22.4. The van der Waals surface area contributed by atoms with Gasteiger partial charge >= 0.3 is 0 Å². The Bertz CT molecular complexity index is 1140. The number of piperidine rings is 1. The van der Waals surface area contributed by atoms with E-state index in [2.05, 4.69) is 46.0 Å². The largest absolute Gasteiger partial charge is 0.495 e. The minimum atomic E-state index is -0.0672. The van der Waals surface area contributed by atoms with Gasteiger partial charge in [-0.05, 0) is 70.4 Å². The van der Waals surface area contributed by atoms with Crippen molar-refractivity contribution in [2.45, 2.75) is 76.4 Å². The van der Waals surface area contributed by atoms with Crippen LogP contribution in [0.4, 0.5) is 17.5 Å². The molecule has 5 rings (SSSR count). The number of hydrogen-bond acceptors (Lipinski definition) is 7. The fraction of sp³-hybridized carbons (Fsp3) is 0.552. The topological polar surface area (TPSA) is 82.6 Å². The highest BCUT2D eigenvalue weighted by molar-refractivity contribution is 5.95. The van der Waals surface area contributed by atoms with Crippen LogP contribution in [0.2, 0.25) is 0 Å². The highest BCUT2D eigenvalue weighted by Crippen LogP contribution is 2.39. The van der Waals surface area contributed by atoms with E-state index >= 15 is 0 Å². The molecule has 0 unspecified atom stereocenters. The Balaban J connectivity index is 1.35. The average molecular weight is 505 g/mol. The number of nitrogens with one attached hydrogen (secondary N) is 2. The first-order valence-electron chi connectivity index (χ1n) is 13.7. The molecular formula is C29H40N6O2. The molecule has 0 radical (unpaired) electrons. The normalized spacial score (nSPS) is 21.1. The van der Waals surface area contributed by atoms with E-state index in [1.165, 1.54) is 31.3 Å². The van der Waals surface area contributed by atoms with Gasteiger partial charge in [-0.15, -0.1) is 0 Å². The Morgan fingerprint density at radius 2 is 1.95 bits per heavy atom. The van der Waals surface area contributed by atoms with E-state index in [0.29, 0.717) is 29.3 Å². The van der Waals surface area contributed by atoms with Crippen molar-refractivity contribution >= 4 is 23.4 Å². The summed E-state index contributed by atoms with van der Waals surface area (Å²) in [4.78, 5) is 27.3. The first-order chi connectivity index (χ1) is 18.0. The molecule has 8 heteroatoms. The molecule has 0 spiro atoms. The van der Waals surface area contributed by atoms with Crippen molar-refractivity contribution in [1.82, 2.24) is 20.2 Å². The number of nitrogens with zero attached hydrogens (tertiary/aromatic N) is 4. The number of anilines is 3. The van der Waals surface area contributed by atoms with Crippen LogP contribution in [0.5, 0.6) is 5.75 Å². The summed E-state index contributed by atoms with van der Waals surface area (Å²) in [7, 11) is 3.73. The highest BCUT2D eigenvalue weighted by atomic mass is 16.5. The van der Waals surface area contributed by atoms with Crippen molar-refractivity contribution in [3.63, 3.8) is 0 Å². The van der Waals surface area contributed by atoms with Gasteiger partial charge in [0.05, 0.1) is 18.8 Å². The summed E-state index contributed by atoms with van der Waals surface area (Å²) < 4.78 is 5.65. The Kier molecular flexibility index (Phi) is 7.65. The fourth-order valence-corrected chi connectivity index (χ4v) is 6.09. The molecule has 1 saturated heterocycles. The number of amides is 1. The van der Waals surface area contributed by atoms with Gasteiger partial charge in [-0.25, -0.2) is 4.98 Å². The number of fused-ring (bicyclic) bond motifs is 1. The second-order valence-corrected chi connectivity index (χ2v) is 10.7. The van der Waals surface area contributed by atoms with E-state index in [0.717, 1.165) is 55.8 Å². The zero-order valence-electron chi connectivity index (χ0n) is 22.4. The molecule has 1 atom stereocenters. The van der Waals surface area contributed by atoms with Crippen LogP contribution in [-0.2, 0) is 6.42 Å². The highest BCUT2D eigenvalue weighted by Gasteiger charge is 2.35. The lowest BCUT2D eigenvalue weighted by atomic mass is 9.91. The number of methoxy groups -OCH3 is 1. The van der Waals surface area contributed by atoms with E-state index < -0.39 is 0 Å². The van der Waals surface area contributed by atoms with Crippen LogP contribution in [0.1, 0.15) is 67.8 Å². The summed E-state index contributed by atoms with van der Waals surface area (Å²) in [5.41, 5.74) is 3.71. The first kappa shape index (κ1) is 25.5. The maximum atomic E-state index is 12.9. The number of rotatable bonds is 7. The molecule has 1 aliphatic carbocycles. The molecule has 198 valence electrons. The van der Waals surface area contributed by atoms with E-state index in [4.69, 9.17) is 9.72 Å². The fourth-order valence-electron chi connectivity index (χ4n) is 6.09. The van der Waals surface area contributed by atoms with Crippen molar-refractivity contribution in [2.75, 3.05) is 37.5 Å². The maximum absolute atomic E-state index is 12.9. The average Bonchev–Trinajstić information content (AvgIpc) is 3.44. The van der Waals surface area contributed by atoms with Gasteiger partial charge in [0.15, 0.2) is 0 Å². The summed E-state index contributed by atoms with van der Waals surface area (Å²) >= 11 is 0. The predicted octanol–water partition coefficient (Wildman–Crippen LogP) is 4.69. The number of benzene rings is 1. The van der Waals surface area contributed by atoms with E-state index in [1.807, 2.05) is 18.3 Å². The predicted molar refractivity (Wildman–Crippen MR) is 148 cm³/mol. The van der Waals surface area contributed by atoms with Crippen LogP contribution in [0.3, 0.4) is 0 Å². The molecule has 2 aromatic rings. The molecule has 2 fully saturated rings. The lowest BCUT2D eigenvalue weighted by Crippen LogP contribution is -2.46. The van der Waals surface area contributed by atoms with Crippen LogP contribution in [-0.4, -0.2) is 66.1 Å². The maximum Gasteiger partial charge on any atom is 0.251 e. The lowest BCUT2D eigenvalue weighted by Gasteiger charge is -2.42. The summed E-state index contributed by atoms with van der Waals surface area (Å²) in [6, 6.07) is 6.51. The molecule has 2 N–H and O–H groups in total. The minimum absolute atomic E-state index is 0.0672. The standard InChI is InChI=1S/C29H40N6O2/c1-5-25-19(2)16-21-18-30-29(33-27(21)35(25)23-8-6-7-9-23)32-24-11-10-20(17-26(24)37-4)28(36)31-22-12-14-34(3)15-13-22/h10-11,17-18,22-23,25H,2,5-9,12-16H2,1,3-4H3,(H,31,36)(H,30,32,33)/t25-/m1/s1. The first-order valence-corrected chi connectivity index (χ1v) is 13.7. The van der Waals surface area contributed by atoms with Gasteiger partial charge in [0.1, 0.15) is 11.6 Å². The van der Waals surface area contributed by atoms with Crippen molar-refractivity contribution in [3.05, 3.63) is 47.7 Å². The molecule has 2 aliphatic heterocycles. The quantitative estimate of drug-likeness (QED) is 0.529. The molecule has 3 aliphatic rings. The SMILES string of the molecule is C=C1Cc2cnc(Nc3ccc(C(=O)NC4CCN(C)CC4)cc3OC)nc2N(C2CCCC2)[C@@H]1CC. The van der Waals surface area contributed by atoms with Crippen molar-refractivity contribution in [3.8, 4) is 5.75 Å². The number of likely N-dealkylation sites (tertiary alicyclic amines) is 1. The second kappa shape index (κ2) is 11.1. The van der Waals surface area contributed by atoms with E-state index in [-0.39, 0.29) is 11.9 Å². The van der Waals surface area contributed by atoms with Crippen LogP contribution in [0.25, 0.3) is 0 Å². The molecule has 1 saturated carbocycles. The van der Waals surface area contributed by atoms with E-state index in [1.54, 1.807) is 13.2 Å². The van der Waals surface area contributed by atoms with Crippen molar-refractivity contribution in [1.29, 1.82) is 0 Å². The van der Waals surface area contributed by atoms with Gasteiger partial charge < -0.3 is 25.2 Å². The monoisotopic (exact) mass is 504 g/mol. The Morgan fingerprint density at radius 3 is 2.65 bits per heavy atom. The smallest absolute Gasteiger partial charge is 0.251 e. The van der Waals surface area contributed by atoms with Gasteiger partial charge in [0.25, 0.3) is 5.91 Å². The third-order valence-corrected chi connectivity index (χ3v) is 8.18. The summed E-state index contributed by atoms with van der Waals surface area (Å²) in [6.45, 7) is 8.64. The Labute approximate surface area is 220 Å². The van der Waals surface area contributed by atoms with Crippen molar-refractivity contribution in [2.24, 2.45) is 0 Å². The van der Waals surface area contributed by atoms with Gasteiger partial charge in [0.2, 0.25) is 5.95 Å². The molecular weight excluding hydrogens is 464 g/mol. The van der Waals surface area contributed by atoms with E-state index in [9.17, 15) is 4.79 Å². The van der Waals surface area contributed by atoms with Crippen LogP contribution < -0.4 is 20.3 Å². The van der Waals surface area contributed by atoms with Gasteiger partial charge in [-0.2, -0.15) is 4.98 Å². The molecule has 1 aromatic carbocycles. The molecule has 37 heavy (non-hydrogen) atoms. The van der Waals surface area contributed by atoms with Gasteiger partial charge in [0, 0.05) is 35.8 Å².